The van der Waals surface area contributed by atoms with E-state index in [1.54, 1.807) is 11.8 Å². The van der Waals surface area contributed by atoms with Gasteiger partial charge < -0.3 is 9.84 Å². The molecule has 26 heavy (non-hydrogen) atoms. The van der Waals surface area contributed by atoms with Gasteiger partial charge in [0.15, 0.2) is 0 Å². The molecule has 0 fully saturated rings. The second-order valence-corrected chi connectivity index (χ2v) is 7.55. The zero-order valence-corrected chi connectivity index (χ0v) is 16.2. The van der Waals surface area contributed by atoms with Gasteiger partial charge in [0.2, 0.25) is 5.91 Å². The highest BCUT2D eigenvalue weighted by molar-refractivity contribution is 7.99. The highest BCUT2D eigenvalue weighted by Crippen LogP contribution is 2.29. The molecule has 0 atom stereocenters. The van der Waals surface area contributed by atoms with Gasteiger partial charge >= 0.3 is 0 Å². The maximum atomic E-state index is 12.2. The lowest BCUT2D eigenvalue weighted by Crippen LogP contribution is -2.15. The third-order valence-electron chi connectivity index (χ3n) is 4.37. The standard InChI is InChI=1S/C21H22N2O2S/c1-13-5-8-19(11-14(13)2)26-18-9-6-17(7-10-18)22-21(24)12-20-15(3)23-25-16(20)4/h5-11H,12H2,1-4H3,(H,22,24). The molecule has 2 aromatic carbocycles. The number of nitrogens with zero attached hydrogens (tertiary/aromatic N) is 1. The average Bonchev–Trinajstić information content (AvgIpc) is 2.92. The first-order valence-corrected chi connectivity index (χ1v) is 9.31. The van der Waals surface area contributed by atoms with Crippen LogP contribution < -0.4 is 5.32 Å². The Morgan fingerprint density at radius 3 is 2.31 bits per heavy atom. The zero-order valence-electron chi connectivity index (χ0n) is 15.4. The van der Waals surface area contributed by atoms with Crippen molar-refractivity contribution in [3.05, 3.63) is 70.6 Å². The van der Waals surface area contributed by atoms with E-state index in [9.17, 15) is 4.79 Å². The SMILES string of the molecule is Cc1ccc(Sc2ccc(NC(=O)Cc3c(C)noc3C)cc2)cc1C. The Balaban J connectivity index is 1.62. The highest BCUT2D eigenvalue weighted by atomic mass is 32.2. The number of nitrogens with one attached hydrogen (secondary N) is 1. The first kappa shape index (κ1) is 18.3. The number of aryl methyl sites for hydroxylation is 4. The van der Waals surface area contributed by atoms with Crippen LogP contribution in [-0.4, -0.2) is 11.1 Å². The van der Waals surface area contributed by atoms with Gasteiger partial charge in [0, 0.05) is 21.0 Å². The Bertz CT molecular complexity index is 910. The number of benzene rings is 2. The number of hydrogen-bond donors (Lipinski definition) is 1. The molecular weight excluding hydrogens is 344 g/mol. The Morgan fingerprint density at radius 2 is 1.69 bits per heavy atom. The summed E-state index contributed by atoms with van der Waals surface area (Å²) in [7, 11) is 0. The minimum Gasteiger partial charge on any atom is -0.361 e. The van der Waals surface area contributed by atoms with E-state index >= 15 is 0 Å². The molecular formula is C21H22N2O2S. The molecule has 4 nitrogen and oxygen atoms in total. The number of carbonyl (C=O) groups excluding carboxylic acids is 1. The van der Waals surface area contributed by atoms with Crippen LogP contribution in [0.5, 0.6) is 0 Å². The number of anilines is 1. The molecule has 1 heterocycles. The van der Waals surface area contributed by atoms with Crippen molar-refractivity contribution in [3.63, 3.8) is 0 Å². The minimum absolute atomic E-state index is 0.0750. The Hall–Kier alpha value is -2.53. The van der Waals surface area contributed by atoms with Crippen LogP contribution in [0.2, 0.25) is 0 Å². The second-order valence-electron chi connectivity index (χ2n) is 6.40. The molecule has 0 bridgehead atoms. The van der Waals surface area contributed by atoms with Crippen LogP contribution in [0, 0.1) is 27.7 Å². The molecule has 0 aliphatic rings. The van der Waals surface area contributed by atoms with Gasteiger partial charge in [-0.2, -0.15) is 0 Å². The number of aromatic nitrogens is 1. The van der Waals surface area contributed by atoms with E-state index in [-0.39, 0.29) is 12.3 Å². The van der Waals surface area contributed by atoms with E-state index in [0.717, 1.165) is 21.8 Å². The summed E-state index contributed by atoms with van der Waals surface area (Å²) < 4.78 is 5.10. The number of carbonyl (C=O) groups is 1. The molecule has 1 aromatic heterocycles. The third-order valence-corrected chi connectivity index (χ3v) is 5.37. The van der Waals surface area contributed by atoms with E-state index in [0.29, 0.717) is 5.76 Å². The summed E-state index contributed by atoms with van der Waals surface area (Å²) in [4.78, 5) is 14.6. The van der Waals surface area contributed by atoms with Gasteiger partial charge in [0.05, 0.1) is 12.1 Å². The largest absolute Gasteiger partial charge is 0.361 e. The molecule has 1 N–H and O–H groups in total. The van der Waals surface area contributed by atoms with E-state index < -0.39 is 0 Å². The van der Waals surface area contributed by atoms with Crippen LogP contribution in [0.4, 0.5) is 5.69 Å². The predicted octanol–water partition coefficient (Wildman–Crippen LogP) is 5.24. The normalized spacial score (nSPS) is 10.8. The molecule has 0 saturated heterocycles. The van der Waals surface area contributed by atoms with Crippen LogP contribution >= 0.6 is 11.8 Å². The highest BCUT2D eigenvalue weighted by Gasteiger charge is 2.13. The zero-order chi connectivity index (χ0) is 18.7. The Morgan fingerprint density at radius 1 is 1.00 bits per heavy atom. The maximum absolute atomic E-state index is 12.2. The van der Waals surface area contributed by atoms with Gasteiger partial charge in [0.1, 0.15) is 5.76 Å². The Labute approximate surface area is 158 Å². The van der Waals surface area contributed by atoms with Gasteiger partial charge in [0.25, 0.3) is 0 Å². The molecule has 134 valence electrons. The molecule has 0 radical (unpaired) electrons. The third kappa shape index (κ3) is 4.35. The van der Waals surface area contributed by atoms with Gasteiger partial charge in [-0.15, -0.1) is 0 Å². The van der Waals surface area contributed by atoms with Gasteiger partial charge in [-0.3, -0.25) is 4.79 Å². The van der Waals surface area contributed by atoms with Gasteiger partial charge in [-0.25, -0.2) is 0 Å². The molecule has 1 amide bonds. The lowest BCUT2D eigenvalue weighted by Gasteiger charge is -2.08. The monoisotopic (exact) mass is 366 g/mol. The first-order chi connectivity index (χ1) is 12.4. The number of rotatable bonds is 5. The molecule has 5 heteroatoms. The number of amides is 1. The van der Waals surface area contributed by atoms with Gasteiger partial charge in [-0.1, -0.05) is 23.0 Å². The smallest absolute Gasteiger partial charge is 0.228 e. The molecule has 0 unspecified atom stereocenters. The van der Waals surface area contributed by atoms with Crippen molar-refractivity contribution in [2.24, 2.45) is 0 Å². The van der Waals surface area contributed by atoms with E-state index in [2.05, 4.69) is 42.5 Å². The lowest BCUT2D eigenvalue weighted by atomic mass is 10.1. The van der Waals surface area contributed by atoms with E-state index in [1.165, 1.54) is 16.0 Å². The van der Waals surface area contributed by atoms with E-state index in [4.69, 9.17) is 4.52 Å². The fourth-order valence-corrected chi connectivity index (χ4v) is 3.56. The minimum atomic E-state index is -0.0750. The topological polar surface area (TPSA) is 55.1 Å². The average molecular weight is 366 g/mol. The van der Waals surface area contributed by atoms with Crippen molar-refractivity contribution in [1.82, 2.24) is 5.16 Å². The number of hydrogen-bond acceptors (Lipinski definition) is 4. The Kier molecular flexibility index (Phi) is 5.47. The molecule has 0 saturated carbocycles. The van der Waals surface area contributed by atoms with Crippen molar-refractivity contribution in [2.75, 3.05) is 5.32 Å². The van der Waals surface area contributed by atoms with Crippen molar-refractivity contribution in [3.8, 4) is 0 Å². The van der Waals surface area contributed by atoms with Crippen LogP contribution in [0.1, 0.15) is 28.1 Å². The van der Waals surface area contributed by atoms with Crippen LogP contribution in [0.25, 0.3) is 0 Å². The fourth-order valence-electron chi connectivity index (χ4n) is 2.64. The van der Waals surface area contributed by atoms with Crippen molar-refractivity contribution < 1.29 is 9.32 Å². The van der Waals surface area contributed by atoms with Crippen molar-refractivity contribution in [1.29, 1.82) is 0 Å². The van der Waals surface area contributed by atoms with E-state index in [1.807, 2.05) is 38.1 Å². The molecule has 0 spiro atoms. The fraction of sp³-hybridized carbons (Fsp3) is 0.238. The van der Waals surface area contributed by atoms with Crippen LogP contribution in [0.3, 0.4) is 0 Å². The molecule has 3 rings (SSSR count). The second kappa shape index (κ2) is 7.79. The summed E-state index contributed by atoms with van der Waals surface area (Å²) in [6, 6.07) is 14.4. The molecule has 0 aliphatic heterocycles. The predicted molar refractivity (Wildman–Crippen MR) is 105 cm³/mol. The van der Waals surface area contributed by atoms with Crippen LogP contribution in [0.15, 0.2) is 56.8 Å². The summed E-state index contributed by atoms with van der Waals surface area (Å²) in [5, 5.41) is 6.81. The maximum Gasteiger partial charge on any atom is 0.228 e. The summed E-state index contributed by atoms with van der Waals surface area (Å²) >= 11 is 1.71. The summed E-state index contributed by atoms with van der Waals surface area (Å²) in [6.45, 7) is 7.90. The summed E-state index contributed by atoms with van der Waals surface area (Å²) in [5.74, 6) is 0.617. The first-order valence-electron chi connectivity index (χ1n) is 8.49. The molecule has 0 aliphatic carbocycles. The van der Waals surface area contributed by atoms with Crippen molar-refractivity contribution in [2.45, 2.75) is 43.9 Å². The van der Waals surface area contributed by atoms with Crippen LogP contribution in [-0.2, 0) is 11.2 Å². The van der Waals surface area contributed by atoms with Crippen molar-refractivity contribution >= 4 is 23.4 Å². The van der Waals surface area contributed by atoms with Gasteiger partial charge in [-0.05, 0) is 75.2 Å². The molecule has 3 aromatic rings. The summed E-state index contributed by atoms with van der Waals surface area (Å²) in [6.07, 6.45) is 0.264. The lowest BCUT2D eigenvalue weighted by molar-refractivity contribution is -0.115. The summed E-state index contributed by atoms with van der Waals surface area (Å²) in [5.41, 5.74) is 4.98. The quantitative estimate of drug-likeness (QED) is 0.671.